The molecule has 0 aromatic heterocycles. The molecule has 0 aliphatic rings. The van der Waals surface area contributed by atoms with Crippen LogP contribution in [0.15, 0.2) is 11.8 Å². The Morgan fingerprint density at radius 2 is 2.14 bits per heavy atom. The summed E-state index contributed by atoms with van der Waals surface area (Å²) < 4.78 is 0. The Balaban J connectivity index is 0. The van der Waals surface area contributed by atoms with E-state index in [1.807, 2.05) is 13.0 Å². The number of allylic oxidation sites excluding steroid dienone is 2. The van der Waals surface area contributed by atoms with Crippen molar-refractivity contribution in [3.8, 4) is 0 Å². The summed E-state index contributed by atoms with van der Waals surface area (Å²) in [6.45, 7) is 3.96. The largest absolute Gasteiger partial charge is 0.403 e. The Labute approximate surface area is 54.9 Å². The maximum atomic E-state index is 5.26. The maximum absolute atomic E-state index is 5.26. The van der Waals surface area contributed by atoms with E-state index in [1.54, 1.807) is 0 Å². The van der Waals surface area contributed by atoms with E-state index in [0.717, 1.165) is 12.1 Å². The van der Waals surface area contributed by atoms with Crippen LogP contribution in [-0.2, 0) is 16.5 Å². The van der Waals surface area contributed by atoms with E-state index in [-0.39, 0.29) is 16.5 Å². The molecule has 0 saturated carbocycles. The quantitative estimate of drug-likeness (QED) is 0.550. The molecular formula is C5H11NNi. The zero-order chi connectivity index (χ0) is 4.99. The number of hydrogen-bond acceptors (Lipinski definition) is 1. The van der Waals surface area contributed by atoms with Gasteiger partial charge in [0.05, 0.1) is 0 Å². The van der Waals surface area contributed by atoms with Gasteiger partial charge in [-0.3, -0.25) is 0 Å². The fourth-order valence-corrected chi connectivity index (χ4v) is 0.322. The summed E-state index contributed by atoms with van der Waals surface area (Å²) in [5.41, 5.74) is 6.18. The van der Waals surface area contributed by atoms with Crippen LogP contribution in [0.4, 0.5) is 0 Å². The van der Waals surface area contributed by atoms with Gasteiger partial charge in [0.15, 0.2) is 0 Å². The summed E-state index contributed by atoms with van der Waals surface area (Å²) in [6.07, 6.45) is 3.03. The minimum absolute atomic E-state index is 0. The first-order chi connectivity index (χ1) is 2.77. The maximum Gasteiger partial charge on any atom is 0.000822 e. The molecule has 7 heavy (non-hydrogen) atoms. The molecule has 0 aromatic rings. The SMILES string of the molecule is CCC=C(C)N.[Ni]. The second-order valence-electron chi connectivity index (χ2n) is 1.36. The molecule has 0 aliphatic carbocycles. The van der Waals surface area contributed by atoms with Crippen LogP contribution in [0, 0.1) is 0 Å². The molecular weight excluding hydrogens is 133 g/mol. The van der Waals surface area contributed by atoms with Crippen LogP contribution in [0.2, 0.25) is 0 Å². The summed E-state index contributed by atoms with van der Waals surface area (Å²) in [7, 11) is 0. The monoisotopic (exact) mass is 143 g/mol. The Kier molecular flexibility index (Phi) is 8.71. The molecule has 0 spiro atoms. The first-order valence-corrected chi connectivity index (χ1v) is 2.19. The predicted octanol–water partition coefficient (Wildman–Crippen LogP) is 1.26. The average molecular weight is 144 g/mol. The van der Waals surface area contributed by atoms with Crippen molar-refractivity contribution >= 4 is 0 Å². The Bertz CT molecular complexity index is 55.1. The summed E-state index contributed by atoms with van der Waals surface area (Å²) in [5, 5.41) is 0. The second kappa shape index (κ2) is 6.03. The van der Waals surface area contributed by atoms with Crippen molar-refractivity contribution in [2.45, 2.75) is 20.3 Å². The predicted molar refractivity (Wildman–Crippen MR) is 28.2 cm³/mol. The molecule has 0 atom stereocenters. The Morgan fingerprint density at radius 1 is 1.71 bits per heavy atom. The van der Waals surface area contributed by atoms with Gasteiger partial charge in [-0.05, 0) is 13.3 Å². The van der Waals surface area contributed by atoms with Crippen molar-refractivity contribution in [2.24, 2.45) is 5.73 Å². The van der Waals surface area contributed by atoms with Crippen molar-refractivity contribution in [3.63, 3.8) is 0 Å². The zero-order valence-corrected chi connectivity index (χ0v) is 5.67. The van der Waals surface area contributed by atoms with Gasteiger partial charge >= 0.3 is 0 Å². The van der Waals surface area contributed by atoms with Crippen LogP contribution < -0.4 is 5.73 Å². The van der Waals surface area contributed by atoms with E-state index in [1.165, 1.54) is 0 Å². The van der Waals surface area contributed by atoms with Crippen LogP contribution >= 0.6 is 0 Å². The van der Waals surface area contributed by atoms with Gasteiger partial charge < -0.3 is 5.73 Å². The Hall–Kier alpha value is 0.0335. The minimum Gasteiger partial charge on any atom is -0.403 e. The number of nitrogens with two attached hydrogens (primary N) is 1. The van der Waals surface area contributed by atoms with Crippen LogP contribution in [0.25, 0.3) is 0 Å². The van der Waals surface area contributed by atoms with E-state index in [0.29, 0.717) is 0 Å². The summed E-state index contributed by atoms with van der Waals surface area (Å²) >= 11 is 0. The van der Waals surface area contributed by atoms with Crippen LogP contribution in [0.3, 0.4) is 0 Å². The van der Waals surface area contributed by atoms with Crippen LogP contribution in [-0.4, -0.2) is 0 Å². The molecule has 0 radical (unpaired) electrons. The molecule has 0 amide bonds. The van der Waals surface area contributed by atoms with E-state index in [9.17, 15) is 0 Å². The topological polar surface area (TPSA) is 26.0 Å². The molecule has 0 rings (SSSR count). The van der Waals surface area contributed by atoms with Crippen molar-refractivity contribution in [2.75, 3.05) is 0 Å². The van der Waals surface area contributed by atoms with E-state index < -0.39 is 0 Å². The minimum atomic E-state index is 0. The van der Waals surface area contributed by atoms with Gasteiger partial charge in [0.25, 0.3) is 0 Å². The van der Waals surface area contributed by atoms with Crippen LogP contribution in [0.1, 0.15) is 20.3 Å². The molecule has 2 N–H and O–H groups in total. The Morgan fingerprint density at radius 3 is 2.14 bits per heavy atom. The number of rotatable bonds is 1. The molecule has 0 bridgehead atoms. The molecule has 2 heteroatoms. The normalized spacial score (nSPS) is 10.3. The van der Waals surface area contributed by atoms with Crippen molar-refractivity contribution < 1.29 is 16.5 Å². The first-order valence-electron chi connectivity index (χ1n) is 2.19. The summed E-state index contributed by atoms with van der Waals surface area (Å²) in [6, 6.07) is 0. The fourth-order valence-electron chi connectivity index (χ4n) is 0.322. The van der Waals surface area contributed by atoms with E-state index in [4.69, 9.17) is 5.73 Å². The molecule has 0 heterocycles. The van der Waals surface area contributed by atoms with Gasteiger partial charge in [0, 0.05) is 22.2 Å². The molecule has 46 valence electrons. The summed E-state index contributed by atoms with van der Waals surface area (Å²) in [4.78, 5) is 0. The van der Waals surface area contributed by atoms with Crippen molar-refractivity contribution in [1.29, 1.82) is 0 Å². The second-order valence-corrected chi connectivity index (χ2v) is 1.36. The van der Waals surface area contributed by atoms with Gasteiger partial charge in [0.1, 0.15) is 0 Å². The third-order valence-corrected chi connectivity index (χ3v) is 0.526. The zero-order valence-electron chi connectivity index (χ0n) is 4.68. The standard InChI is InChI=1S/C5H11N.Ni/c1-3-4-5(2)6;/h4H,3,6H2,1-2H3;. The number of hydrogen-bond donors (Lipinski definition) is 1. The van der Waals surface area contributed by atoms with Gasteiger partial charge in [-0.15, -0.1) is 0 Å². The van der Waals surface area contributed by atoms with Gasteiger partial charge in [-0.25, -0.2) is 0 Å². The molecule has 0 aliphatic heterocycles. The first kappa shape index (κ1) is 10.1. The fraction of sp³-hybridized carbons (Fsp3) is 0.600. The van der Waals surface area contributed by atoms with E-state index >= 15 is 0 Å². The third-order valence-electron chi connectivity index (χ3n) is 0.526. The van der Waals surface area contributed by atoms with Crippen molar-refractivity contribution in [3.05, 3.63) is 11.8 Å². The van der Waals surface area contributed by atoms with Crippen LogP contribution in [0.5, 0.6) is 0 Å². The average Bonchev–Trinajstić information content (AvgIpc) is 1.35. The molecule has 1 nitrogen and oxygen atoms in total. The van der Waals surface area contributed by atoms with Gasteiger partial charge in [-0.1, -0.05) is 13.0 Å². The third kappa shape index (κ3) is 10.7. The summed E-state index contributed by atoms with van der Waals surface area (Å²) in [5.74, 6) is 0. The van der Waals surface area contributed by atoms with Crippen molar-refractivity contribution in [1.82, 2.24) is 0 Å². The van der Waals surface area contributed by atoms with E-state index in [2.05, 4.69) is 6.92 Å². The molecule has 0 fully saturated rings. The molecule has 0 aromatic carbocycles. The smallest absolute Gasteiger partial charge is 0.000822 e. The van der Waals surface area contributed by atoms with Gasteiger partial charge in [0.2, 0.25) is 0 Å². The molecule has 0 saturated heterocycles. The van der Waals surface area contributed by atoms with Gasteiger partial charge in [-0.2, -0.15) is 0 Å². The molecule has 0 unspecified atom stereocenters.